The molecule has 1 amide bonds. The van der Waals surface area contributed by atoms with Gasteiger partial charge in [0, 0.05) is 17.3 Å². The second kappa shape index (κ2) is 6.11. The highest BCUT2D eigenvalue weighted by molar-refractivity contribution is 7.14. The largest absolute Gasteiger partial charge is 0.347 e. The Balaban J connectivity index is 1.76. The molecule has 3 aromatic rings. The van der Waals surface area contributed by atoms with Crippen LogP contribution >= 0.6 is 11.3 Å². The monoisotopic (exact) mass is 315 g/mol. The lowest BCUT2D eigenvalue weighted by molar-refractivity contribution is 0.0954. The Morgan fingerprint density at radius 1 is 1.36 bits per heavy atom. The standard InChI is InChI=1S/C16H14FN3OS/c1-10-13(11-2-4-12(17)5-3-11)8-14(22-10)16(21)20-9-15-18-6-7-19-15/h2-8H,9H2,1H3,(H,18,19)(H,20,21). The van der Waals surface area contributed by atoms with Crippen LogP contribution in [0.3, 0.4) is 0 Å². The van der Waals surface area contributed by atoms with E-state index in [1.165, 1.54) is 23.5 Å². The fraction of sp³-hybridized carbons (Fsp3) is 0.125. The highest BCUT2D eigenvalue weighted by Gasteiger charge is 2.13. The SMILES string of the molecule is Cc1sc(C(=O)NCc2ncc[nH]2)cc1-c1ccc(F)cc1. The maximum atomic E-state index is 13.0. The fourth-order valence-electron chi connectivity index (χ4n) is 2.16. The number of rotatable bonds is 4. The summed E-state index contributed by atoms with van der Waals surface area (Å²) in [5.41, 5.74) is 1.85. The number of thiophene rings is 1. The first kappa shape index (κ1) is 14.5. The predicted molar refractivity (Wildman–Crippen MR) is 84.2 cm³/mol. The number of nitrogens with zero attached hydrogens (tertiary/aromatic N) is 1. The fourth-order valence-corrected chi connectivity index (χ4v) is 3.11. The number of H-pyrrole nitrogens is 1. The Bertz CT molecular complexity index is 778. The summed E-state index contributed by atoms with van der Waals surface area (Å²) in [6.07, 6.45) is 3.35. The molecular weight excluding hydrogens is 301 g/mol. The number of hydrogen-bond acceptors (Lipinski definition) is 3. The van der Waals surface area contributed by atoms with E-state index in [1.54, 1.807) is 24.5 Å². The Hall–Kier alpha value is -2.47. The quantitative estimate of drug-likeness (QED) is 0.774. The minimum atomic E-state index is -0.270. The maximum absolute atomic E-state index is 13.0. The van der Waals surface area contributed by atoms with Gasteiger partial charge in [0.2, 0.25) is 0 Å². The summed E-state index contributed by atoms with van der Waals surface area (Å²) >= 11 is 1.42. The third kappa shape index (κ3) is 3.07. The van der Waals surface area contributed by atoms with Crippen molar-refractivity contribution in [2.75, 3.05) is 0 Å². The summed E-state index contributed by atoms with van der Waals surface area (Å²) < 4.78 is 13.0. The lowest BCUT2D eigenvalue weighted by Gasteiger charge is -2.00. The van der Waals surface area contributed by atoms with Crippen LogP contribution in [0, 0.1) is 12.7 Å². The van der Waals surface area contributed by atoms with Gasteiger partial charge in [-0.3, -0.25) is 4.79 Å². The van der Waals surface area contributed by atoms with Crippen molar-refractivity contribution in [3.63, 3.8) is 0 Å². The number of halogens is 1. The molecular formula is C16H14FN3OS. The number of aromatic amines is 1. The average Bonchev–Trinajstić information content (AvgIpc) is 3.15. The smallest absolute Gasteiger partial charge is 0.261 e. The van der Waals surface area contributed by atoms with Crippen LogP contribution in [0.2, 0.25) is 0 Å². The van der Waals surface area contributed by atoms with Crippen LogP contribution in [0.25, 0.3) is 11.1 Å². The molecule has 0 aliphatic rings. The minimum absolute atomic E-state index is 0.141. The van der Waals surface area contributed by atoms with Crippen molar-refractivity contribution < 1.29 is 9.18 Å². The second-order valence-electron chi connectivity index (χ2n) is 4.81. The number of nitrogens with one attached hydrogen (secondary N) is 2. The van der Waals surface area contributed by atoms with Crippen LogP contribution in [0.1, 0.15) is 20.4 Å². The number of imidazole rings is 1. The van der Waals surface area contributed by atoms with Gasteiger partial charge in [0.1, 0.15) is 11.6 Å². The van der Waals surface area contributed by atoms with Crippen molar-refractivity contribution in [3.05, 3.63) is 64.1 Å². The minimum Gasteiger partial charge on any atom is -0.347 e. The average molecular weight is 315 g/mol. The van der Waals surface area contributed by atoms with Gasteiger partial charge in [-0.2, -0.15) is 0 Å². The Morgan fingerprint density at radius 2 is 2.14 bits per heavy atom. The molecule has 2 heterocycles. The van der Waals surface area contributed by atoms with Crippen molar-refractivity contribution in [2.45, 2.75) is 13.5 Å². The predicted octanol–water partition coefficient (Wildman–Crippen LogP) is 3.52. The van der Waals surface area contributed by atoms with E-state index >= 15 is 0 Å². The van der Waals surface area contributed by atoms with Gasteiger partial charge < -0.3 is 10.3 Å². The summed E-state index contributed by atoms with van der Waals surface area (Å²) in [6.45, 7) is 2.31. The normalized spacial score (nSPS) is 10.6. The highest BCUT2D eigenvalue weighted by atomic mass is 32.1. The van der Waals surface area contributed by atoms with Crippen molar-refractivity contribution in [1.29, 1.82) is 0 Å². The molecule has 112 valence electrons. The Labute approximate surface area is 131 Å². The second-order valence-corrected chi connectivity index (χ2v) is 6.06. The molecule has 2 aromatic heterocycles. The van der Waals surface area contributed by atoms with Crippen molar-refractivity contribution in [2.24, 2.45) is 0 Å². The van der Waals surface area contributed by atoms with Crippen molar-refractivity contribution >= 4 is 17.2 Å². The lowest BCUT2D eigenvalue weighted by atomic mass is 10.1. The Kier molecular flexibility index (Phi) is 4.02. The summed E-state index contributed by atoms with van der Waals surface area (Å²) in [6, 6.07) is 8.11. The molecule has 0 fully saturated rings. The summed E-state index contributed by atoms with van der Waals surface area (Å²) in [4.78, 5) is 20.8. The van der Waals surface area contributed by atoms with Crippen LogP contribution in [0.15, 0.2) is 42.7 Å². The van der Waals surface area contributed by atoms with E-state index in [2.05, 4.69) is 15.3 Å². The molecule has 0 bridgehead atoms. The van der Waals surface area contributed by atoms with E-state index in [9.17, 15) is 9.18 Å². The molecule has 0 saturated heterocycles. The molecule has 0 spiro atoms. The summed E-state index contributed by atoms with van der Waals surface area (Å²) in [5.74, 6) is 0.297. The number of aromatic nitrogens is 2. The van der Waals surface area contributed by atoms with Gasteiger partial charge in [0.25, 0.3) is 5.91 Å². The van der Waals surface area contributed by atoms with Crippen molar-refractivity contribution in [3.8, 4) is 11.1 Å². The van der Waals surface area contributed by atoms with Crippen LogP contribution in [-0.4, -0.2) is 15.9 Å². The first-order valence-corrected chi connectivity index (χ1v) is 7.58. The van der Waals surface area contributed by atoms with E-state index < -0.39 is 0 Å². The molecule has 0 saturated carbocycles. The zero-order valence-electron chi connectivity index (χ0n) is 11.9. The van der Waals surface area contributed by atoms with E-state index in [0.29, 0.717) is 17.2 Å². The molecule has 0 atom stereocenters. The molecule has 1 aromatic carbocycles. The number of hydrogen-bond donors (Lipinski definition) is 2. The number of carbonyl (C=O) groups is 1. The molecule has 4 nitrogen and oxygen atoms in total. The summed E-state index contributed by atoms with van der Waals surface area (Å²) in [5, 5.41) is 2.82. The van der Waals surface area contributed by atoms with Gasteiger partial charge in [0.15, 0.2) is 0 Å². The van der Waals surface area contributed by atoms with Crippen LogP contribution < -0.4 is 5.32 Å². The zero-order valence-corrected chi connectivity index (χ0v) is 12.7. The van der Waals surface area contributed by atoms with E-state index in [1.807, 2.05) is 13.0 Å². The van der Waals surface area contributed by atoms with E-state index in [4.69, 9.17) is 0 Å². The third-order valence-electron chi connectivity index (χ3n) is 3.27. The molecule has 6 heteroatoms. The van der Waals surface area contributed by atoms with Gasteiger partial charge in [-0.15, -0.1) is 11.3 Å². The Morgan fingerprint density at radius 3 is 2.82 bits per heavy atom. The highest BCUT2D eigenvalue weighted by Crippen LogP contribution is 2.31. The maximum Gasteiger partial charge on any atom is 0.261 e. The van der Waals surface area contributed by atoms with Crippen LogP contribution in [-0.2, 0) is 6.54 Å². The van der Waals surface area contributed by atoms with Crippen LogP contribution in [0.5, 0.6) is 0 Å². The summed E-state index contributed by atoms with van der Waals surface area (Å²) in [7, 11) is 0. The zero-order chi connectivity index (χ0) is 15.5. The number of benzene rings is 1. The number of amides is 1. The third-order valence-corrected chi connectivity index (χ3v) is 4.32. The molecule has 0 radical (unpaired) electrons. The van der Waals surface area contributed by atoms with E-state index in [-0.39, 0.29) is 11.7 Å². The van der Waals surface area contributed by atoms with Crippen molar-refractivity contribution in [1.82, 2.24) is 15.3 Å². The van der Waals surface area contributed by atoms with Gasteiger partial charge in [-0.05, 0) is 36.2 Å². The van der Waals surface area contributed by atoms with Gasteiger partial charge in [-0.1, -0.05) is 12.1 Å². The molecule has 2 N–H and O–H groups in total. The molecule has 0 unspecified atom stereocenters. The molecule has 0 aliphatic heterocycles. The van der Waals surface area contributed by atoms with Crippen LogP contribution in [0.4, 0.5) is 4.39 Å². The number of carbonyl (C=O) groups excluding carboxylic acids is 1. The topological polar surface area (TPSA) is 57.8 Å². The lowest BCUT2D eigenvalue weighted by Crippen LogP contribution is -2.22. The molecule has 0 aliphatic carbocycles. The number of aryl methyl sites for hydroxylation is 1. The van der Waals surface area contributed by atoms with E-state index in [0.717, 1.165) is 16.0 Å². The first-order chi connectivity index (χ1) is 10.6. The van der Waals surface area contributed by atoms with Gasteiger partial charge in [0.05, 0.1) is 11.4 Å². The first-order valence-electron chi connectivity index (χ1n) is 6.76. The molecule has 22 heavy (non-hydrogen) atoms. The molecule has 3 rings (SSSR count). The van der Waals surface area contributed by atoms with Gasteiger partial charge >= 0.3 is 0 Å². The van der Waals surface area contributed by atoms with Gasteiger partial charge in [-0.25, -0.2) is 9.37 Å².